The normalized spacial score (nSPS) is 13.8. The number of quaternary nitrogens is 1. The maximum Gasteiger partial charge on any atom is 0.306 e. The molecule has 0 amide bonds. The van der Waals surface area contributed by atoms with E-state index < -0.39 is 13.9 Å². The second kappa shape index (κ2) is 38.1. The summed E-state index contributed by atoms with van der Waals surface area (Å²) in [6.07, 6.45) is 40.8. The van der Waals surface area contributed by atoms with Crippen molar-refractivity contribution in [1.82, 2.24) is 0 Å². The van der Waals surface area contributed by atoms with Crippen LogP contribution in [0.5, 0.6) is 0 Å². The van der Waals surface area contributed by atoms with Crippen LogP contribution in [-0.4, -0.2) is 70.7 Å². The lowest BCUT2D eigenvalue weighted by Crippen LogP contribution is -2.37. The zero-order valence-electron chi connectivity index (χ0n) is 35.7. The monoisotopic (exact) mass is 774 g/mol. The summed E-state index contributed by atoms with van der Waals surface area (Å²) >= 11 is 0. The van der Waals surface area contributed by atoms with Gasteiger partial charge < -0.3 is 27.9 Å². The van der Waals surface area contributed by atoms with Gasteiger partial charge in [-0.15, -0.1) is 0 Å². The van der Waals surface area contributed by atoms with E-state index in [1.165, 1.54) is 154 Å². The van der Waals surface area contributed by atoms with E-state index in [2.05, 4.69) is 26.0 Å². The maximum atomic E-state index is 12.6. The minimum atomic E-state index is -4.52. The number of rotatable bonds is 42. The fraction of sp³-hybridized carbons (Fsp3) is 0.932. The van der Waals surface area contributed by atoms with Crippen molar-refractivity contribution in [1.29, 1.82) is 0 Å². The Kier molecular flexibility index (Phi) is 37.6. The van der Waals surface area contributed by atoms with Crippen LogP contribution in [0.1, 0.15) is 206 Å². The molecule has 0 heterocycles. The van der Waals surface area contributed by atoms with Crippen LogP contribution < -0.4 is 4.89 Å². The molecule has 2 unspecified atom stereocenters. The average Bonchev–Trinajstić information content (AvgIpc) is 3.11. The molecule has 53 heavy (non-hydrogen) atoms. The topological polar surface area (TPSA) is 94.1 Å². The van der Waals surface area contributed by atoms with Gasteiger partial charge in [-0.25, -0.2) is 0 Å². The van der Waals surface area contributed by atoms with Crippen LogP contribution in [0.15, 0.2) is 12.2 Å². The number of ether oxygens (including phenoxy) is 2. The fourth-order valence-electron chi connectivity index (χ4n) is 6.31. The van der Waals surface area contributed by atoms with Crippen molar-refractivity contribution in [3.8, 4) is 0 Å². The number of hydrogen-bond acceptors (Lipinski definition) is 7. The molecule has 0 aliphatic carbocycles. The second-order valence-corrected chi connectivity index (χ2v) is 17.8. The Hall–Kier alpha value is -0.760. The van der Waals surface area contributed by atoms with Crippen molar-refractivity contribution < 1.29 is 37.3 Å². The maximum absolute atomic E-state index is 12.6. The van der Waals surface area contributed by atoms with Crippen LogP contribution in [0.2, 0.25) is 0 Å². The van der Waals surface area contributed by atoms with Gasteiger partial charge in [0.05, 0.1) is 34.4 Å². The average molecular weight is 774 g/mol. The first-order chi connectivity index (χ1) is 25.6. The molecule has 8 nitrogen and oxygen atoms in total. The van der Waals surface area contributed by atoms with E-state index in [1.54, 1.807) is 0 Å². The Morgan fingerprint density at radius 3 is 1.43 bits per heavy atom. The minimum Gasteiger partial charge on any atom is -0.756 e. The summed E-state index contributed by atoms with van der Waals surface area (Å²) in [7, 11) is 1.37. The summed E-state index contributed by atoms with van der Waals surface area (Å²) in [6, 6.07) is 0. The SMILES string of the molecule is CCCCCCCC/C=C\CCCCCCCCCCCCOCC(COP(=O)([O-])OCC[N+](C)(C)C)OC(=O)CCCCCCCCCCCCC. The van der Waals surface area contributed by atoms with Crippen LogP contribution in [0.3, 0.4) is 0 Å². The van der Waals surface area contributed by atoms with Gasteiger partial charge >= 0.3 is 5.97 Å². The van der Waals surface area contributed by atoms with Crippen molar-refractivity contribution in [2.45, 2.75) is 213 Å². The molecule has 9 heteroatoms. The Morgan fingerprint density at radius 1 is 0.566 bits per heavy atom. The summed E-state index contributed by atoms with van der Waals surface area (Å²) in [4.78, 5) is 25.0. The predicted octanol–water partition coefficient (Wildman–Crippen LogP) is 12.4. The van der Waals surface area contributed by atoms with Gasteiger partial charge in [-0.3, -0.25) is 9.36 Å². The first kappa shape index (κ1) is 52.2. The Bertz CT molecular complexity index is 863. The molecular weight excluding hydrogens is 685 g/mol. The Balaban J connectivity index is 4.13. The van der Waals surface area contributed by atoms with Crippen molar-refractivity contribution in [3.63, 3.8) is 0 Å². The number of likely N-dealkylation sites (N-methyl/N-ethyl adjacent to an activating group) is 1. The number of carbonyl (C=O) groups is 1. The van der Waals surface area contributed by atoms with E-state index >= 15 is 0 Å². The van der Waals surface area contributed by atoms with Crippen LogP contribution in [0.4, 0.5) is 0 Å². The van der Waals surface area contributed by atoms with Crippen LogP contribution in [0.25, 0.3) is 0 Å². The molecule has 2 atom stereocenters. The predicted molar refractivity (Wildman–Crippen MR) is 222 cm³/mol. The van der Waals surface area contributed by atoms with Crippen molar-refractivity contribution in [3.05, 3.63) is 12.2 Å². The molecule has 0 N–H and O–H groups in total. The number of phosphoric ester groups is 1. The molecule has 0 aromatic heterocycles. The number of esters is 1. The van der Waals surface area contributed by atoms with E-state index in [0.717, 1.165) is 32.1 Å². The number of carbonyl (C=O) groups excluding carboxylic acids is 1. The summed E-state index contributed by atoms with van der Waals surface area (Å²) in [5, 5.41) is 0. The summed E-state index contributed by atoms with van der Waals surface area (Å²) in [6.45, 7) is 5.43. The van der Waals surface area contributed by atoms with Crippen LogP contribution in [-0.2, 0) is 27.9 Å². The van der Waals surface area contributed by atoms with E-state index in [0.29, 0.717) is 24.1 Å². The molecule has 0 aromatic carbocycles. The van der Waals surface area contributed by atoms with Crippen LogP contribution >= 0.6 is 7.82 Å². The van der Waals surface area contributed by atoms with Gasteiger partial charge in [0.15, 0.2) is 0 Å². The largest absolute Gasteiger partial charge is 0.756 e. The van der Waals surface area contributed by atoms with E-state index in [-0.39, 0.29) is 25.8 Å². The fourth-order valence-corrected chi connectivity index (χ4v) is 7.03. The second-order valence-electron chi connectivity index (χ2n) is 16.4. The molecule has 0 spiro atoms. The Labute approximate surface area is 329 Å². The minimum absolute atomic E-state index is 0.0291. The smallest absolute Gasteiger partial charge is 0.306 e. The molecule has 0 radical (unpaired) electrons. The van der Waals surface area contributed by atoms with Gasteiger partial charge in [0.2, 0.25) is 0 Å². The van der Waals surface area contributed by atoms with Gasteiger partial charge in [-0.1, -0.05) is 174 Å². The van der Waals surface area contributed by atoms with E-state index in [1.807, 2.05) is 21.1 Å². The van der Waals surface area contributed by atoms with Gasteiger partial charge in [0.1, 0.15) is 19.3 Å². The first-order valence-electron chi connectivity index (χ1n) is 22.4. The zero-order chi connectivity index (χ0) is 39.1. The lowest BCUT2D eigenvalue weighted by molar-refractivity contribution is -0.870. The summed E-state index contributed by atoms with van der Waals surface area (Å²) in [5.74, 6) is -0.333. The number of nitrogens with zero attached hydrogens (tertiary/aromatic N) is 1. The van der Waals surface area contributed by atoms with Gasteiger partial charge in [0, 0.05) is 13.0 Å². The molecule has 0 aromatic rings. The highest BCUT2D eigenvalue weighted by atomic mass is 31.2. The third-order valence-corrected chi connectivity index (χ3v) is 10.8. The quantitative estimate of drug-likeness (QED) is 0.0200. The lowest BCUT2D eigenvalue weighted by atomic mass is 10.1. The van der Waals surface area contributed by atoms with Crippen molar-refractivity contribution in [2.24, 2.45) is 0 Å². The van der Waals surface area contributed by atoms with E-state index in [4.69, 9.17) is 18.5 Å². The third-order valence-electron chi connectivity index (χ3n) is 9.82. The third kappa shape index (κ3) is 42.2. The molecule has 0 saturated heterocycles. The Morgan fingerprint density at radius 2 is 0.981 bits per heavy atom. The van der Waals surface area contributed by atoms with Gasteiger partial charge in [-0.2, -0.15) is 0 Å². The van der Waals surface area contributed by atoms with Crippen molar-refractivity contribution in [2.75, 3.05) is 54.1 Å². The van der Waals surface area contributed by atoms with Gasteiger partial charge in [0.25, 0.3) is 7.82 Å². The van der Waals surface area contributed by atoms with E-state index in [9.17, 15) is 14.3 Å². The van der Waals surface area contributed by atoms with Crippen LogP contribution in [0, 0.1) is 0 Å². The molecule has 0 aliphatic rings. The highest BCUT2D eigenvalue weighted by Crippen LogP contribution is 2.38. The summed E-state index contributed by atoms with van der Waals surface area (Å²) < 4.78 is 34.6. The first-order valence-corrected chi connectivity index (χ1v) is 23.9. The molecule has 0 rings (SSSR count). The number of phosphoric acid groups is 1. The summed E-state index contributed by atoms with van der Waals surface area (Å²) in [5.41, 5.74) is 0. The zero-order valence-corrected chi connectivity index (χ0v) is 36.6. The standard InChI is InChI=1S/C44H88NO7P/c1-6-8-10-12-14-16-18-19-20-21-22-23-24-25-26-28-30-32-34-36-39-49-41-43(42-51-53(47,48)50-40-38-45(3,4)5)52-44(46)37-35-33-31-29-27-17-15-13-11-9-7-2/h19-20,43H,6-18,21-42H2,1-5H3/b20-19-. The van der Waals surface area contributed by atoms with Gasteiger partial charge in [-0.05, 0) is 38.5 Å². The number of hydrogen-bond donors (Lipinski definition) is 0. The molecule has 316 valence electrons. The number of unbranched alkanes of at least 4 members (excludes halogenated alkanes) is 26. The van der Waals surface area contributed by atoms with Crippen molar-refractivity contribution >= 4 is 13.8 Å². The highest BCUT2D eigenvalue weighted by Gasteiger charge is 2.20. The number of allylic oxidation sites excluding steroid dienone is 2. The molecule has 0 bridgehead atoms. The molecule has 0 saturated carbocycles. The molecule has 0 aliphatic heterocycles. The molecule has 0 fully saturated rings. The highest BCUT2D eigenvalue weighted by molar-refractivity contribution is 7.45. The lowest BCUT2D eigenvalue weighted by Gasteiger charge is -2.28. The molecular formula is C44H88NO7P.